The maximum Gasteiger partial charge on any atom is 0.435 e. The molecule has 1 aromatic heterocycles. The number of carbonyl (C=O) groups excluding carboxylic acids is 1. The van der Waals surface area contributed by atoms with Crippen LogP contribution in [0.2, 0.25) is 0 Å². The predicted molar refractivity (Wildman–Crippen MR) is 80.2 cm³/mol. The van der Waals surface area contributed by atoms with Gasteiger partial charge < -0.3 is 5.32 Å². The highest BCUT2D eigenvalue weighted by Crippen LogP contribution is 2.33. The molecule has 1 N–H and O–H groups in total. The van der Waals surface area contributed by atoms with Crippen LogP contribution in [0.1, 0.15) is 16.2 Å². The standard InChI is InChI=1S/C12H10BrF3N4OS/c13-7-2-1-3-8(6-7)20-10(12(14,15)16)9(18-19-20)11(21)17-4-5-22/h1-3,6,22H,4-5H2,(H,17,21). The van der Waals surface area contributed by atoms with Crippen LogP contribution >= 0.6 is 28.6 Å². The molecule has 0 bridgehead atoms. The van der Waals surface area contributed by atoms with E-state index in [4.69, 9.17) is 0 Å². The molecule has 0 saturated carbocycles. The van der Waals surface area contributed by atoms with Gasteiger partial charge in [0.15, 0.2) is 11.4 Å². The minimum atomic E-state index is -4.78. The Labute approximate surface area is 137 Å². The first-order valence-electron chi connectivity index (χ1n) is 6.02. The van der Waals surface area contributed by atoms with Gasteiger partial charge in [-0.1, -0.05) is 27.2 Å². The smallest absolute Gasteiger partial charge is 0.350 e. The van der Waals surface area contributed by atoms with E-state index in [9.17, 15) is 18.0 Å². The molecule has 0 unspecified atom stereocenters. The number of aromatic nitrogens is 3. The molecule has 0 aliphatic rings. The minimum Gasteiger partial charge on any atom is -0.350 e. The number of hydrogen-bond acceptors (Lipinski definition) is 4. The van der Waals surface area contributed by atoms with E-state index in [1.807, 2.05) is 0 Å². The van der Waals surface area contributed by atoms with Crippen molar-refractivity contribution in [1.82, 2.24) is 20.3 Å². The predicted octanol–water partition coefficient (Wildman–Crippen LogP) is 2.71. The molecule has 0 aliphatic heterocycles. The summed E-state index contributed by atoms with van der Waals surface area (Å²) in [6.45, 7) is 0.128. The van der Waals surface area contributed by atoms with Crippen molar-refractivity contribution in [3.8, 4) is 5.69 Å². The van der Waals surface area contributed by atoms with Crippen LogP contribution in [0.4, 0.5) is 13.2 Å². The molecule has 1 heterocycles. The van der Waals surface area contributed by atoms with Crippen molar-refractivity contribution in [3.05, 3.63) is 40.1 Å². The number of rotatable bonds is 4. The Morgan fingerprint density at radius 2 is 2.14 bits per heavy atom. The Bertz CT molecular complexity index is 689. The average Bonchev–Trinajstić information content (AvgIpc) is 2.89. The molecule has 0 saturated heterocycles. The number of carbonyl (C=O) groups is 1. The fraction of sp³-hybridized carbons (Fsp3) is 0.250. The van der Waals surface area contributed by atoms with Crippen LogP contribution in [0.5, 0.6) is 0 Å². The van der Waals surface area contributed by atoms with Crippen LogP contribution in [-0.2, 0) is 6.18 Å². The number of benzene rings is 1. The van der Waals surface area contributed by atoms with Crippen LogP contribution in [0.15, 0.2) is 28.7 Å². The van der Waals surface area contributed by atoms with E-state index in [1.54, 1.807) is 12.1 Å². The largest absolute Gasteiger partial charge is 0.435 e. The van der Waals surface area contributed by atoms with Gasteiger partial charge in [0.1, 0.15) is 0 Å². The molecule has 5 nitrogen and oxygen atoms in total. The third-order valence-electron chi connectivity index (χ3n) is 2.60. The highest BCUT2D eigenvalue weighted by atomic mass is 79.9. The second-order valence-electron chi connectivity index (χ2n) is 4.16. The molecule has 10 heteroatoms. The van der Waals surface area contributed by atoms with Crippen molar-refractivity contribution in [1.29, 1.82) is 0 Å². The summed E-state index contributed by atoms with van der Waals surface area (Å²) >= 11 is 7.05. The molecule has 0 atom stereocenters. The van der Waals surface area contributed by atoms with E-state index >= 15 is 0 Å². The molecule has 2 rings (SSSR count). The lowest BCUT2D eigenvalue weighted by Crippen LogP contribution is -2.28. The van der Waals surface area contributed by atoms with Crippen LogP contribution in [0.3, 0.4) is 0 Å². The summed E-state index contributed by atoms with van der Waals surface area (Å²) in [7, 11) is 0. The van der Waals surface area contributed by atoms with Gasteiger partial charge in [0.05, 0.1) is 5.69 Å². The first-order chi connectivity index (χ1) is 10.3. The van der Waals surface area contributed by atoms with E-state index in [2.05, 4.69) is 44.2 Å². The van der Waals surface area contributed by atoms with Gasteiger partial charge in [-0.25, -0.2) is 4.68 Å². The molecule has 0 aliphatic carbocycles. The monoisotopic (exact) mass is 394 g/mol. The van der Waals surface area contributed by atoms with Crippen molar-refractivity contribution in [2.45, 2.75) is 6.18 Å². The number of halogens is 4. The molecule has 0 radical (unpaired) electrons. The van der Waals surface area contributed by atoms with Crippen molar-refractivity contribution in [2.24, 2.45) is 0 Å². The van der Waals surface area contributed by atoms with Crippen molar-refractivity contribution in [2.75, 3.05) is 12.3 Å². The van der Waals surface area contributed by atoms with Gasteiger partial charge in [-0.05, 0) is 18.2 Å². The number of amides is 1. The van der Waals surface area contributed by atoms with Crippen LogP contribution in [-0.4, -0.2) is 33.2 Å². The third kappa shape index (κ3) is 3.61. The zero-order valence-corrected chi connectivity index (χ0v) is 13.4. The van der Waals surface area contributed by atoms with E-state index in [0.29, 0.717) is 14.9 Å². The molecule has 0 fully saturated rings. The molecule has 118 valence electrons. The topological polar surface area (TPSA) is 59.8 Å². The summed E-state index contributed by atoms with van der Waals surface area (Å²) in [6.07, 6.45) is -4.78. The Morgan fingerprint density at radius 1 is 1.41 bits per heavy atom. The first-order valence-corrected chi connectivity index (χ1v) is 7.45. The Balaban J connectivity index is 2.52. The van der Waals surface area contributed by atoms with E-state index < -0.39 is 23.5 Å². The Hall–Kier alpha value is -1.55. The first kappa shape index (κ1) is 16.8. The highest BCUT2D eigenvalue weighted by molar-refractivity contribution is 9.10. The van der Waals surface area contributed by atoms with E-state index in [1.165, 1.54) is 12.1 Å². The summed E-state index contributed by atoms with van der Waals surface area (Å²) in [4.78, 5) is 11.8. The van der Waals surface area contributed by atoms with Gasteiger partial charge in [-0.3, -0.25) is 4.79 Å². The normalized spacial score (nSPS) is 11.5. The lowest BCUT2D eigenvalue weighted by molar-refractivity contribution is -0.143. The van der Waals surface area contributed by atoms with Gasteiger partial charge in [0.2, 0.25) is 0 Å². The maximum absolute atomic E-state index is 13.3. The van der Waals surface area contributed by atoms with Crippen LogP contribution in [0, 0.1) is 0 Å². The number of nitrogens with one attached hydrogen (secondary N) is 1. The van der Waals surface area contributed by atoms with Crippen molar-refractivity contribution < 1.29 is 18.0 Å². The Kier molecular flexibility index (Phi) is 5.12. The molecule has 2 aromatic rings. The summed E-state index contributed by atoms with van der Waals surface area (Å²) in [6, 6.07) is 6.10. The van der Waals surface area contributed by atoms with E-state index in [-0.39, 0.29) is 12.2 Å². The van der Waals surface area contributed by atoms with Gasteiger partial charge >= 0.3 is 6.18 Å². The maximum atomic E-state index is 13.3. The lowest BCUT2D eigenvalue weighted by Gasteiger charge is -2.11. The second kappa shape index (κ2) is 6.69. The minimum absolute atomic E-state index is 0.128. The van der Waals surface area contributed by atoms with Crippen molar-refractivity contribution in [3.63, 3.8) is 0 Å². The number of nitrogens with zero attached hydrogens (tertiary/aromatic N) is 3. The zero-order chi connectivity index (χ0) is 16.3. The zero-order valence-electron chi connectivity index (χ0n) is 10.9. The summed E-state index contributed by atoms with van der Waals surface area (Å²) < 4.78 is 41.1. The molecule has 22 heavy (non-hydrogen) atoms. The molecule has 1 amide bonds. The summed E-state index contributed by atoms with van der Waals surface area (Å²) in [5.74, 6) is -0.644. The van der Waals surface area contributed by atoms with Gasteiger partial charge in [0, 0.05) is 16.8 Å². The average molecular weight is 395 g/mol. The molecular formula is C12H10BrF3N4OS. The third-order valence-corrected chi connectivity index (χ3v) is 3.32. The number of hydrogen-bond donors (Lipinski definition) is 2. The fourth-order valence-corrected chi connectivity index (χ4v) is 2.23. The fourth-order valence-electron chi connectivity index (χ4n) is 1.73. The van der Waals surface area contributed by atoms with Crippen LogP contribution in [0.25, 0.3) is 5.69 Å². The van der Waals surface area contributed by atoms with Crippen LogP contribution < -0.4 is 5.32 Å². The quantitative estimate of drug-likeness (QED) is 0.783. The second-order valence-corrected chi connectivity index (χ2v) is 5.52. The highest BCUT2D eigenvalue weighted by Gasteiger charge is 2.41. The van der Waals surface area contributed by atoms with Crippen molar-refractivity contribution >= 4 is 34.5 Å². The summed E-state index contributed by atoms with van der Waals surface area (Å²) in [5.41, 5.74) is -1.85. The Morgan fingerprint density at radius 3 is 2.73 bits per heavy atom. The number of thiol groups is 1. The lowest BCUT2D eigenvalue weighted by atomic mass is 10.2. The number of alkyl halides is 3. The molecule has 1 aromatic carbocycles. The SMILES string of the molecule is O=C(NCCS)c1nnn(-c2cccc(Br)c2)c1C(F)(F)F. The van der Waals surface area contributed by atoms with Gasteiger partial charge in [0.25, 0.3) is 5.91 Å². The van der Waals surface area contributed by atoms with Gasteiger partial charge in [-0.15, -0.1) is 5.10 Å². The molecule has 0 spiro atoms. The summed E-state index contributed by atoms with van der Waals surface area (Å²) in [5, 5.41) is 9.15. The van der Waals surface area contributed by atoms with Gasteiger partial charge in [-0.2, -0.15) is 25.8 Å². The molecular weight excluding hydrogens is 385 g/mol. The van der Waals surface area contributed by atoms with E-state index in [0.717, 1.165) is 0 Å².